The van der Waals surface area contributed by atoms with Crippen LogP contribution in [0.1, 0.15) is 25.3 Å². The van der Waals surface area contributed by atoms with Crippen molar-refractivity contribution >= 4 is 5.57 Å². The van der Waals surface area contributed by atoms with Crippen LogP contribution in [0.15, 0.2) is 42.0 Å². The fourth-order valence-corrected chi connectivity index (χ4v) is 1.76. The van der Waals surface area contributed by atoms with Crippen molar-refractivity contribution in [1.29, 1.82) is 10.5 Å². The highest BCUT2D eigenvalue weighted by Gasteiger charge is 2.08. The zero-order valence-electron chi connectivity index (χ0n) is 11.2. The lowest BCUT2D eigenvalue weighted by Crippen LogP contribution is -1.91. The Morgan fingerprint density at radius 3 is 2.32 bits per heavy atom. The third-order valence-electron chi connectivity index (χ3n) is 2.76. The quantitative estimate of drug-likeness (QED) is 0.590. The smallest absolute Gasteiger partial charge is 0.133 e. The lowest BCUT2D eigenvalue weighted by atomic mass is 9.96. The molecule has 3 nitrogen and oxygen atoms in total. The van der Waals surface area contributed by atoms with Gasteiger partial charge in [0.1, 0.15) is 23.5 Å². The maximum absolute atomic E-state index is 9.04. The highest BCUT2D eigenvalue weighted by atomic mass is 16.5. The van der Waals surface area contributed by atoms with Crippen molar-refractivity contribution in [2.45, 2.75) is 19.8 Å². The van der Waals surface area contributed by atoms with Crippen molar-refractivity contribution in [2.75, 3.05) is 7.11 Å². The molecule has 1 aromatic rings. The Kier molecular flexibility index (Phi) is 5.92. The molecule has 0 saturated carbocycles. The maximum Gasteiger partial charge on any atom is 0.133 e. The van der Waals surface area contributed by atoms with E-state index in [-0.39, 0.29) is 5.57 Å². The summed E-state index contributed by atoms with van der Waals surface area (Å²) >= 11 is 0. The van der Waals surface area contributed by atoms with Gasteiger partial charge < -0.3 is 4.74 Å². The van der Waals surface area contributed by atoms with Crippen LogP contribution in [0.3, 0.4) is 0 Å². The highest BCUT2D eigenvalue weighted by Crippen LogP contribution is 2.25. The first-order chi connectivity index (χ1) is 9.26. The van der Waals surface area contributed by atoms with Gasteiger partial charge in [-0.15, -0.1) is 0 Å². The summed E-state index contributed by atoms with van der Waals surface area (Å²) in [4.78, 5) is 0. The summed E-state index contributed by atoms with van der Waals surface area (Å²) < 4.78 is 5.10. The maximum atomic E-state index is 9.04. The third-order valence-corrected chi connectivity index (χ3v) is 2.76. The third kappa shape index (κ3) is 4.01. The van der Waals surface area contributed by atoms with Crippen LogP contribution in [0.5, 0.6) is 5.75 Å². The number of nitriles is 2. The van der Waals surface area contributed by atoms with E-state index in [1.807, 2.05) is 55.5 Å². The summed E-state index contributed by atoms with van der Waals surface area (Å²) in [5.41, 5.74) is 1.85. The molecular formula is C16H16N2O. The topological polar surface area (TPSA) is 56.8 Å². The molecule has 0 bridgehead atoms. The fraction of sp³-hybridized carbons (Fsp3) is 0.250. The van der Waals surface area contributed by atoms with E-state index in [2.05, 4.69) is 0 Å². The van der Waals surface area contributed by atoms with Gasteiger partial charge in [0.2, 0.25) is 0 Å². The summed E-state index contributed by atoms with van der Waals surface area (Å²) in [6, 6.07) is 11.3. The van der Waals surface area contributed by atoms with E-state index in [0.717, 1.165) is 23.3 Å². The SMILES string of the molecule is C/C=C/CCC(=C(C#N)C#N)c1ccc(OC)cc1. The molecule has 0 aliphatic heterocycles. The molecule has 3 heteroatoms. The molecule has 0 saturated heterocycles. The van der Waals surface area contributed by atoms with Crippen LogP contribution in [0.4, 0.5) is 0 Å². The highest BCUT2D eigenvalue weighted by molar-refractivity contribution is 5.75. The normalized spacial score (nSPS) is 9.68. The number of hydrogen-bond acceptors (Lipinski definition) is 3. The molecule has 0 amide bonds. The van der Waals surface area contributed by atoms with Gasteiger partial charge in [-0.05, 0) is 43.0 Å². The van der Waals surface area contributed by atoms with E-state index in [0.29, 0.717) is 6.42 Å². The minimum Gasteiger partial charge on any atom is -0.497 e. The summed E-state index contributed by atoms with van der Waals surface area (Å²) in [7, 11) is 1.60. The van der Waals surface area contributed by atoms with Gasteiger partial charge in [0.05, 0.1) is 7.11 Å². The molecule has 0 radical (unpaired) electrons. The molecule has 0 N–H and O–H groups in total. The molecule has 19 heavy (non-hydrogen) atoms. The van der Waals surface area contributed by atoms with Crippen LogP contribution in [0.25, 0.3) is 5.57 Å². The Balaban J connectivity index is 3.13. The van der Waals surface area contributed by atoms with Crippen molar-refractivity contribution in [3.05, 3.63) is 47.6 Å². The standard InChI is InChI=1S/C16H16N2O/c1-3-4-5-6-16(14(11-17)12-18)13-7-9-15(19-2)10-8-13/h3-4,7-10H,5-6H2,1-2H3/b4-3+. The molecule has 0 aliphatic rings. The number of hydrogen-bond donors (Lipinski definition) is 0. The summed E-state index contributed by atoms with van der Waals surface area (Å²) in [6.45, 7) is 1.95. The van der Waals surface area contributed by atoms with Gasteiger partial charge in [-0.1, -0.05) is 24.3 Å². The van der Waals surface area contributed by atoms with Crippen molar-refractivity contribution in [1.82, 2.24) is 0 Å². The zero-order chi connectivity index (χ0) is 14.1. The number of benzene rings is 1. The molecular weight excluding hydrogens is 236 g/mol. The van der Waals surface area contributed by atoms with E-state index in [1.54, 1.807) is 7.11 Å². The number of ether oxygens (including phenoxy) is 1. The molecule has 0 spiro atoms. The molecule has 0 atom stereocenters. The second-order valence-corrected chi connectivity index (χ2v) is 3.91. The number of nitrogens with zero attached hydrogens (tertiary/aromatic N) is 2. The Bertz CT molecular complexity index is 538. The lowest BCUT2D eigenvalue weighted by molar-refractivity contribution is 0.415. The molecule has 0 aromatic heterocycles. The van der Waals surface area contributed by atoms with Crippen molar-refractivity contribution in [2.24, 2.45) is 0 Å². The molecule has 0 heterocycles. The molecule has 0 fully saturated rings. The molecule has 1 aromatic carbocycles. The van der Waals surface area contributed by atoms with Gasteiger partial charge in [0.25, 0.3) is 0 Å². The van der Waals surface area contributed by atoms with Crippen molar-refractivity contribution < 1.29 is 4.74 Å². The molecule has 96 valence electrons. The van der Waals surface area contributed by atoms with E-state index in [4.69, 9.17) is 15.3 Å². The fourth-order valence-electron chi connectivity index (χ4n) is 1.76. The predicted octanol–water partition coefficient (Wildman–Crippen LogP) is 3.85. The van der Waals surface area contributed by atoms with Gasteiger partial charge in [-0.2, -0.15) is 10.5 Å². The second-order valence-electron chi connectivity index (χ2n) is 3.91. The molecule has 1 rings (SSSR count). The number of methoxy groups -OCH3 is 1. The zero-order valence-corrected chi connectivity index (χ0v) is 11.2. The van der Waals surface area contributed by atoms with Gasteiger partial charge in [0, 0.05) is 0 Å². The van der Waals surface area contributed by atoms with Crippen LogP contribution in [-0.2, 0) is 0 Å². The van der Waals surface area contributed by atoms with E-state index in [1.165, 1.54) is 0 Å². The minimum atomic E-state index is 0.176. The summed E-state index contributed by atoms with van der Waals surface area (Å²) in [5.74, 6) is 0.756. The monoisotopic (exact) mass is 252 g/mol. The van der Waals surface area contributed by atoms with Gasteiger partial charge in [-0.25, -0.2) is 0 Å². The van der Waals surface area contributed by atoms with Crippen LogP contribution in [0, 0.1) is 22.7 Å². The summed E-state index contributed by atoms with van der Waals surface area (Å²) in [6.07, 6.45) is 5.47. The minimum absolute atomic E-state index is 0.176. The first-order valence-corrected chi connectivity index (χ1v) is 6.05. The number of allylic oxidation sites excluding steroid dienone is 4. The van der Waals surface area contributed by atoms with Crippen LogP contribution in [0.2, 0.25) is 0 Å². The lowest BCUT2D eigenvalue weighted by Gasteiger charge is -2.08. The Labute approximate surface area is 114 Å². The average Bonchev–Trinajstić information content (AvgIpc) is 2.47. The Hall–Kier alpha value is -2.52. The Morgan fingerprint density at radius 2 is 1.84 bits per heavy atom. The van der Waals surface area contributed by atoms with E-state index >= 15 is 0 Å². The van der Waals surface area contributed by atoms with Crippen LogP contribution >= 0.6 is 0 Å². The first-order valence-electron chi connectivity index (χ1n) is 6.05. The second kappa shape index (κ2) is 7.74. The largest absolute Gasteiger partial charge is 0.497 e. The molecule has 0 aliphatic carbocycles. The number of rotatable bonds is 5. The average molecular weight is 252 g/mol. The van der Waals surface area contributed by atoms with Crippen LogP contribution in [-0.4, -0.2) is 7.11 Å². The molecule has 0 unspecified atom stereocenters. The summed E-state index contributed by atoms with van der Waals surface area (Å²) in [5, 5.41) is 18.1. The first kappa shape index (κ1) is 14.5. The van der Waals surface area contributed by atoms with Gasteiger partial charge >= 0.3 is 0 Å². The van der Waals surface area contributed by atoms with Crippen molar-refractivity contribution in [3.63, 3.8) is 0 Å². The van der Waals surface area contributed by atoms with Gasteiger partial charge in [0.15, 0.2) is 0 Å². The van der Waals surface area contributed by atoms with Gasteiger partial charge in [-0.3, -0.25) is 0 Å². The van der Waals surface area contributed by atoms with E-state index < -0.39 is 0 Å². The predicted molar refractivity (Wildman–Crippen MR) is 75.2 cm³/mol. The van der Waals surface area contributed by atoms with Crippen molar-refractivity contribution in [3.8, 4) is 17.9 Å². The Morgan fingerprint density at radius 1 is 1.21 bits per heavy atom. The van der Waals surface area contributed by atoms with E-state index in [9.17, 15) is 0 Å². The van der Waals surface area contributed by atoms with Crippen LogP contribution < -0.4 is 4.74 Å².